The molecule has 0 saturated heterocycles. The fourth-order valence-electron chi connectivity index (χ4n) is 4.03. The quantitative estimate of drug-likeness (QED) is 0.103. The average molecular weight is 509 g/mol. The van der Waals surface area contributed by atoms with Crippen molar-refractivity contribution in [2.45, 2.75) is 78.1 Å². The minimum Gasteiger partial charge on any atom is -0.494 e. The number of carbonyl (C=O) groups excluding carboxylic acids is 1. The molecule has 3 aromatic rings. The standard InChI is InChI=1S/C31H40O4S/c1-3-5-6-7-8-9-10-11-12-13-24-34-27-16-14-25(15-17-27)29-22-23-30(36-29)31(32)35-28-20-18-26(19-21-28)33-4-2/h14-23H,3-13,24H2,1-2H3. The number of ether oxygens (including phenoxy) is 3. The Hall–Kier alpha value is -2.79. The molecule has 0 radical (unpaired) electrons. The number of hydrogen-bond acceptors (Lipinski definition) is 5. The van der Waals surface area contributed by atoms with E-state index in [1.165, 1.54) is 69.1 Å². The molecular formula is C31H40O4S. The molecule has 1 heterocycles. The highest BCUT2D eigenvalue weighted by Gasteiger charge is 2.13. The summed E-state index contributed by atoms with van der Waals surface area (Å²) in [5, 5.41) is 0. The zero-order valence-corrected chi connectivity index (χ0v) is 22.6. The maximum atomic E-state index is 12.5. The van der Waals surface area contributed by atoms with E-state index in [9.17, 15) is 4.79 Å². The lowest BCUT2D eigenvalue weighted by atomic mass is 10.1. The SMILES string of the molecule is CCCCCCCCCCCCOc1ccc(-c2ccc(C(=O)Oc3ccc(OCC)cc3)s2)cc1. The van der Waals surface area contributed by atoms with Crippen molar-refractivity contribution in [2.24, 2.45) is 0 Å². The van der Waals surface area contributed by atoms with Gasteiger partial charge in [0.05, 0.1) is 13.2 Å². The molecule has 0 spiro atoms. The molecule has 0 aliphatic rings. The molecule has 0 aliphatic heterocycles. The molecule has 3 rings (SSSR count). The van der Waals surface area contributed by atoms with Gasteiger partial charge in [-0.3, -0.25) is 0 Å². The molecule has 36 heavy (non-hydrogen) atoms. The lowest BCUT2D eigenvalue weighted by Crippen LogP contribution is -2.06. The predicted molar refractivity (Wildman–Crippen MR) is 150 cm³/mol. The number of carbonyl (C=O) groups is 1. The van der Waals surface area contributed by atoms with E-state index in [0.717, 1.165) is 35.0 Å². The molecule has 0 unspecified atom stereocenters. The van der Waals surface area contributed by atoms with Gasteiger partial charge in [0.1, 0.15) is 22.1 Å². The third-order valence-electron chi connectivity index (χ3n) is 6.06. The van der Waals surface area contributed by atoms with Crippen molar-refractivity contribution in [2.75, 3.05) is 13.2 Å². The maximum Gasteiger partial charge on any atom is 0.353 e. The molecule has 0 fully saturated rings. The Morgan fingerprint density at radius 3 is 1.83 bits per heavy atom. The van der Waals surface area contributed by atoms with Gasteiger partial charge in [-0.15, -0.1) is 11.3 Å². The van der Waals surface area contributed by atoms with Crippen LogP contribution in [-0.4, -0.2) is 19.2 Å². The first kappa shape index (κ1) is 27.8. The first-order valence-electron chi connectivity index (χ1n) is 13.5. The average Bonchev–Trinajstić information content (AvgIpc) is 3.40. The second kappa shape index (κ2) is 16.1. The molecule has 194 valence electrons. The summed E-state index contributed by atoms with van der Waals surface area (Å²) in [6, 6.07) is 18.9. The summed E-state index contributed by atoms with van der Waals surface area (Å²) in [5.41, 5.74) is 1.06. The van der Waals surface area contributed by atoms with E-state index in [2.05, 4.69) is 6.92 Å². The smallest absolute Gasteiger partial charge is 0.353 e. The van der Waals surface area contributed by atoms with E-state index in [1.807, 2.05) is 43.3 Å². The zero-order chi connectivity index (χ0) is 25.4. The van der Waals surface area contributed by atoms with Crippen molar-refractivity contribution >= 4 is 17.3 Å². The van der Waals surface area contributed by atoms with Gasteiger partial charge in [-0.05, 0) is 79.6 Å². The minimum absolute atomic E-state index is 0.355. The Bertz CT molecular complexity index is 1010. The molecule has 0 aliphatic carbocycles. The molecule has 5 heteroatoms. The predicted octanol–water partition coefficient (Wildman–Crippen LogP) is 9.33. The Morgan fingerprint density at radius 2 is 1.19 bits per heavy atom. The molecule has 0 atom stereocenters. The normalized spacial score (nSPS) is 10.8. The highest BCUT2D eigenvalue weighted by Crippen LogP contribution is 2.30. The fourth-order valence-corrected chi connectivity index (χ4v) is 4.91. The van der Waals surface area contributed by atoms with Crippen LogP contribution in [0.2, 0.25) is 0 Å². The van der Waals surface area contributed by atoms with Crippen molar-refractivity contribution in [1.82, 2.24) is 0 Å². The number of thiophene rings is 1. The van der Waals surface area contributed by atoms with E-state index in [1.54, 1.807) is 24.3 Å². The Labute approximate surface area is 220 Å². The molecule has 0 bridgehead atoms. The molecule has 0 amide bonds. The van der Waals surface area contributed by atoms with Crippen LogP contribution < -0.4 is 14.2 Å². The maximum absolute atomic E-state index is 12.5. The lowest BCUT2D eigenvalue weighted by Gasteiger charge is -2.07. The van der Waals surface area contributed by atoms with Gasteiger partial charge in [-0.1, -0.05) is 64.7 Å². The highest BCUT2D eigenvalue weighted by molar-refractivity contribution is 7.17. The largest absolute Gasteiger partial charge is 0.494 e. The van der Waals surface area contributed by atoms with Gasteiger partial charge < -0.3 is 14.2 Å². The highest BCUT2D eigenvalue weighted by atomic mass is 32.1. The molecule has 1 aromatic heterocycles. The first-order chi connectivity index (χ1) is 17.7. The van der Waals surface area contributed by atoms with Crippen LogP contribution >= 0.6 is 11.3 Å². The van der Waals surface area contributed by atoms with Gasteiger partial charge in [0.25, 0.3) is 0 Å². The second-order valence-electron chi connectivity index (χ2n) is 9.01. The molecular weight excluding hydrogens is 468 g/mol. The van der Waals surface area contributed by atoms with Crippen molar-refractivity contribution in [1.29, 1.82) is 0 Å². The van der Waals surface area contributed by atoms with Crippen molar-refractivity contribution in [3.63, 3.8) is 0 Å². The van der Waals surface area contributed by atoms with Crippen LogP contribution in [0.5, 0.6) is 17.2 Å². The van der Waals surface area contributed by atoms with Gasteiger partial charge in [0, 0.05) is 4.88 Å². The van der Waals surface area contributed by atoms with Gasteiger partial charge >= 0.3 is 5.97 Å². The molecule has 2 aromatic carbocycles. The van der Waals surface area contributed by atoms with Crippen LogP contribution in [0.15, 0.2) is 60.7 Å². The van der Waals surface area contributed by atoms with Gasteiger partial charge in [-0.25, -0.2) is 4.79 Å². The summed E-state index contributed by atoms with van der Waals surface area (Å²) in [6.45, 7) is 5.56. The molecule has 4 nitrogen and oxygen atoms in total. The monoisotopic (exact) mass is 508 g/mol. The van der Waals surface area contributed by atoms with Gasteiger partial charge in [0.15, 0.2) is 0 Å². The zero-order valence-electron chi connectivity index (χ0n) is 21.8. The third kappa shape index (κ3) is 9.69. The summed E-state index contributed by atoms with van der Waals surface area (Å²) >= 11 is 1.43. The van der Waals surface area contributed by atoms with Crippen molar-refractivity contribution in [3.05, 3.63) is 65.5 Å². The van der Waals surface area contributed by atoms with E-state index in [4.69, 9.17) is 14.2 Å². The number of esters is 1. The number of unbranched alkanes of at least 4 members (excludes halogenated alkanes) is 9. The van der Waals surface area contributed by atoms with E-state index in [0.29, 0.717) is 17.2 Å². The summed E-state index contributed by atoms with van der Waals surface area (Å²) in [4.78, 5) is 14.1. The van der Waals surface area contributed by atoms with Crippen LogP contribution in [0, 0.1) is 0 Å². The third-order valence-corrected chi connectivity index (χ3v) is 7.17. The van der Waals surface area contributed by atoms with Gasteiger partial charge in [0.2, 0.25) is 0 Å². The number of rotatable bonds is 17. The van der Waals surface area contributed by atoms with Gasteiger partial charge in [-0.2, -0.15) is 0 Å². The van der Waals surface area contributed by atoms with Crippen molar-refractivity contribution in [3.8, 4) is 27.7 Å². The summed E-state index contributed by atoms with van der Waals surface area (Å²) in [5.74, 6) is 1.79. The van der Waals surface area contributed by atoms with E-state index in [-0.39, 0.29) is 5.97 Å². The minimum atomic E-state index is -0.355. The number of benzene rings is 2. The Kier molecular flexibility index (Phi) is 12.4. The summed E-state index contributed by atoms with van der Waals surface area (Å²) < 4.78 is 16.8. The van der Waals surface area contributed by atoms with Crippen LogP contribution in [-0.2, 0) is 0 Å². The van der Waals surface area contributed by atoms with Crippen LogP contribution in [0.25, 0.3) is 10.4 Å². The molecule has 0 saturated carbocycles. The first-order valence-corrected chi connectivity index (χ1v) is 14.3. The fraction of sp³-hybridized carbons (Fsp3) is 0.452. The van der Waals surface area contributed by atoms with Crippen LogP contribution in [0.1, 0.15) is 87.7 Å². The molecule has 0 N–H and O–H groups in total. The topological polar surface area (TPSA) is 44.8 Å². The Morgan fingerprint density at radius 1 is 0.639 bits per heavy atom. The Balaban J connectivity index is 1.36. The van der Waals surface area contributed by atoms with E-state index < -0.39 is 0 Å². The summed E-state index contributed by atoms with van der Waals surface area (Å²) in [6.07, 6.45) is 13.2. The van der Waals surface area contributed by atoms with Crippen molar-refractivity contribution < 1.29 is 19.0 Å². The van der Waals surface area contributed by atoms with Crippen LogP contribution in [0.4, 0.5) is 0 Å². The van der Waals surface area contributed by atoms with E-state index >= 15 is 0 Å². The van der Waals surface area contributed by atoms with Crippen LogP contribution in [0.3, 0.4) is 0 Å². The second-order valence-corrected chi connectivity index (χ2v) is 10.1. The number of hydrogen-bond donors (Lipinski definition) is 0. The lowest BCUT2D eigenvalue weighted by molar-refractivity contribution is 0.0739. The summed E-state index contributed by atoms with van der Waals surface area (Å²) in [7, 11) is 0.